The molecule has 0 fully saturated rings. The maximum Gasteiger partial charge on any atom is 0.419 e. The minimum Gasteiger partial charge on any atom is -0.345 e. The van der Waals surface area contributed by atoms with Crippen LogP contribution in [0.2, 0.25) is 0 Å². The van der Waals surface area contributed by atoms with E-state index in [4.69, 9.17) is 0 Å². The van der Waals surface area contributed by atoms with Gasteiger partial charge in [0.05, 0.1) is 11.3 Å². The van der Waals surface area contributed by atoms with E-state index < -0.39 is 21.3 Å². The molecular formula is C24H25F3N4O2S. The summed E-state index contributed by atoms with van der Waals surface area (Å²) in [5.74, 6) is 3.43. The second-order valence-corrected chi connectivity index (χ2v) is 10.6. The number of benzene rings is 2. The number of rotatable bonds is 7. The number of carbonyl (C=O) groups excluding carboxylic acids is 1. The lowest BCUT2D eigenvalue weighted by atomic mass is 10.1. The van der Waals surface area contributed by atoms with Gasteiger partial charge in [-0.1, -0.05) is 18.2 Å². The molecule has 0 saturated heterocycles. The maximum atomic E-state index is 13.6. The zero-order valence-corrected chi connectivity index (χ0v) is 19.8. The molecule has 10 heteroatoms. The Morgan fingerprint density at radius 2 is 1.82 bits per heavy atom. The quantitative estimate of drug-likeness (QED) is 0.496. The third-order valence-electron chi connectivity index (χ3n) is 4.99. The summed E-state index contributed by atoms with van der Waals surface area (Å²) in [7, 11) is 0.810. The normalized spacial score (nSPS) is 13.2. The number of nitrogens with one attached hydrogen (secondary N) is 1. The number of amides is 1. The van der Waals surface area contributed by atoms with E-state index in [0.717, 1.165) is 11.8 Å². The fraction of sp³-hybridized carbons (Fsp3) is 0.250. The van der Waals surface area contributed by atoms with E-state index in [-0.39, 0.29) is 30.4 Å². The van der Waals surface area contributed by atoms with Gasteiger partial charge in [-0.3, -0.25) is 9.00 Å². The maximum absolute atomic E-state index is 13.6. The molecule has 6 nitrogen and oxygen atoms in total. The van der Waals surface area contributed by atoms with Gasteiger partial charge in [-0.2, -0.15) is 13.2 Å². The molecule has 0 spiro atoms. The Bertz CT molecular complexity index is 1310. The van der Waals surface area contributed by atoms with Crippen molar-refractivity contribution in [2.24, 2.45) is 0 Å². The van der Waals surface area contributed by atoms with Crippen molar-refractivity contribution in [3.05, 3.63) is 77.1 Å². The predicted molar refractivity (Wildman–Crippen MR) is 128 cm³/mol. The van der Waals surface area contributed by atoms with Crippen LogP contribution in [-0.4, -0.2) is 51.2 Å². The predicted octanol–water partition coefficient (Wildman–Crippen LogP) is 4.43. The van der Waals surface area contributed by atoms with Crippen LogP contribution in [0, 0.1) is 0 Å². The Balaban J connectivity index is 1.88. The monoisotopic (exact) mass is 490 g/mol. The highest BCUT2D eigenvalue weighted by Crippen LogP contribution is 2.32. The van der Waals surface area contributed by atoms with Crippen LogP contribution in [0.3, 0.4) is 0 Å². The van der Waals surface area contributed by atoms with E-state index in [1.54, 1.807) is 62.6 Å². The van der Waals surface area contributed by atoms with Crippen LogP contribution in [-0.2, 0) is 28.5 Å². The topological polar surface area (TPSA) is 75.2 Å². The molecule has 1 heterocycles. The zero-order valence-electron chi connectivity index (χ0n) is 19.0. The summed E-state index contributed by atoms with van der Waals surface area (Å²) < 4.78 is 53.0. The van der Waals surface area contributed by atoms with Gasteiger partial charge < -0.3 is 10.2 Å². The van der Waals surface area contributed by atoms with Crippen molar-refractivity contribution in [1.29, 1.82) is 0 Å². The molecular weight excluding hydrogens is 465 g/mol. The van der Waals surface area contributed by atoms with E-state index in [1.807, 2.05) is 0 Å². The van der Waals surface area contributed by atoms with Crippen LogP contribution in [0.1, 0.15) is 27.2 Å². The number of hydrogen-bond acceptors (Lipinski definition) is 5. The number of anilines is 2. The molecule has 1 amide bonds. The number of nitrogens with zero attached hydrogens (tertiary/aromatic N) is 3. The first-order valence-corrected chi connectivity index (χ1v) is 12.4. The van der Waals surface area contributed by atoms with Crippen molar-refractivity contribution in [2.75, 3.05) is 25.7 Å². The van der Waals surface area contributed by atoms with Gasteiger partial charge in [0.1, 0.15) is 0 Å². The molecule has 1 aromatic heterocycles. The highest BCUT2D eigenvalue weighted by molar-refractivity contribution is 7.99. The smallest absolute Gasteiger partial charge is 0.345 e. The van der Waals surface area contributed by atoms with Gasteiger partial charge >= 0.3 is 6.18 Å². The Hall–Kier alpha value is -3.40. The molecule has 1 N–H and O–H groups in total. The minimum absolute atomic E-state index is 0.00327. The first-order chi connectivity index (χ1) is 15.8. The SMILES string of the molecule is C=S(C)(=O)c1cccc(CCc2nc(Nc3cccc(C(=O)N(C)C)c3)ncc2C(F)(F)F)c1. The Morgan fingerprint density at radius 3 is 2.47 bits per heavy atom. The molecule has 0 radical (unpaired) electrons. The van der Waals surface area contributed by atoms with Gasteiger partial charge in [0.25, 0.3) is 5.91 Å². The molecule has 34 heavy (non-hydrogen) atoms. The average molecular weight is 491 g/mol. The van der Waals surface area contributed by atoms with Crippen molar-refractivity contribution >= 4 is 32.9 Å². The number of aryl methyl sites for hydroxylation is 2. The summed E-state index contributed by atoms with van der Waals surface area (Å²) in [6.45, 7) is 0. The van der Waals surface area contributed by atoms with Gasteiger partial charge in [-0.05, 0) is 64.1 Å². The highest BCUT2D eigenvalue weighted by atomic mass is 32.2. The summed E-state index contributed by atoms with van der Waals surface area (Å²) >= 11 is 0. The van der Waals surface area contributed by atoms with E-state index in [9.17, 15) is 22.2 Å². The Morgan fingerprint density at radius 1 is 1.12 bits per heavy atom. The molecule has 0 saturated carbocycles. The van der Waals surface area contributed by atoms with Gasteiger partial charge in [-0.25, -0.2) is 9.97 Å². The Kier molecular flexibility index (Phi) is 7.30. The van der Waals surface area contributed by atoms with E-state index in [1.165, 1.54) is 11.2 Å². The lowest BCUT2D eigenvalue weighted by Gasteiger charge is -2.15. The van der Waals surface area contributed by atoms with Crippen LogP contribution in [0.15, 0.2) is 59.6 Å². The van der Waals surface area contributed by atoms with Crippen molar-refractivity contribution in [1.82, 2.24) is 14.9 Å². The lowest BCUT2D eigenvalue weighted by Crippen LogP contribution is -2.21. The number of aromatic nitrogens is 2. The summed E-state index contributed by atoms with van der Waals surface area (Å²) in [4.78, 5) is 22.1. The van der Waals surface area contributed by atoms with Crippen LogP contribution >= 0.6 is 0 Å². The molecule has 3 aromatic rings. The first kappa shape index (κ1) is 25.2. The van der Waals surface area contributed by atoms with E-state index in [0.29, 0.717) is 16.1 Å². The average Bonchev–Trinajstić information content (AvgIpc) is 2.76. The van der Waals surface area contributed by atoms with Crippen molar-refractivity contribution in [2.45, 2.75) is 23.9 Å². The van der Waals surface area contributed by atoms with Gasteiger partial charge in [0.2, 0.25) is 5.95 Å². The van der Waals surface area contributed by atoms with Crippen LogP contribution in [0.4, 0.5) is 24.8 Å². The van der Waals surface area contributed by atoms with Gasteiger partial charge in [-0.15, -0.1) is 0 Å². The summed E-state index contributed by atoms with van der Waals surface area (Å²) in [5.41, 5.74) is 0.538. The van der Waals surface area contributed by atoms with Crippen LogP contribution in [0.25, 0.3) is 0 Å². The van der Waals surface area contributed by atoms with Crippen molar-refractivity contribution in [3.8, 4) is 0 Å². The third-order valence-corrected chi connectivity index (χ3v) is 6.24. The molecule has 0 aliphatic carbocycles. The Labute approximate surface area is 196 Å². The molecule has 0 aliphatic rings. The van der Waals surface area contributed by atoms with Crippen molar-refractivity contribution in [3.63, 3.8) is 0 Å². The molecule has 0 aliphatic heterocycles. The molecule has 0 bridgehead atoms. The lowest BCUT2D eigenvalue weighted by molar-refractivity contribution is -0.138. The van der Waals surface area contributed by atoms with Crippen molar-refractivity contribution < 1.29 is 22.2 Å². The van der Waals surface area contributed by atoms with E-state index >= 15 is 0 Å². The zero-order chi connectivity index (χ0) is 25.1. The second kappa shape index (κ2) is 9.84. The largest absolute Gasteiger partial charge is 0.419 e. The number of hydrogen-bond donors (Lipinski definition) is 1. The molecule has 1 atom stereocenters. The number of alkyl halides is 3. The standard InChI is InChI=1S/C24H25F3N4O2S/c1-31(2)22(32)17-8-6-9-18(14-17)29-23-28-15-20(24(25,26)27)21(30-23)12-11-16-7-5-10-19(13-16)34(3,4)33/h5-10,13-15H,3,11-12H2,1-2,4H3,(H,28,29,30). The highest BCUT2D eigenvalue weighted by Gasteiger charge is 2.34. The number of halogens is 3. The summed E-state index contributed by atoms with van der Waals surface area (Å²) in [6.07, 6.45) is -2.09. The first-order valence-electron chi connectivity index (χ1n) is 10.3. The van der Waals surface area contributed by atoms with Crippen LogP contribution in [0.5, 0.6) is 0 Å². The second-order valence-electron chi connectivity index (χ2n) is 8.11. The third kappa shape index (κ3) is 6.34. The molecule has 3 rings (SSSR count). The minimum atomic E-state index is -4.61. The molecule has 1 unspecified atom stereocenters. The molecule has 180 valence electrons. The van der Waals surface area contributed by atoms with Crippen LogP contribution < -0.4 is 5.32 Å². The van der Waals surface area contributed by atoms with E-state index in [2.05, 4.69) is 21.2 Å². The van der Waals surface area contributed by atoms with Gasteiger partial charge in [0, 0.05) is 42.7 Å². The summed E-state index contributed by atoms with van der Waals surface area (Å²) in [5, 5.41) is 2.88. The summed E-state index contributed by atoms with van der Waals surface area (Å²) in [6, 6.07) is 13.4. The van der Waals surface area contributed by atoms with Gasteiger partial charge in [0.15, 0.2) is 0 Å². The fourth-order valence-corrected chi connectivity index (χ4v) is 4.02. The fourth-order valence-electron chi connectivity index (χ4n) is 3.25. The molecule has 2 aromatic carbocycles. The number of carbonyl (C=O) groups is 1.